The summed E-state index contributed by atoms with van der Waals surface area (Å²) in [5.41, 5.74) is 5.52. The van der Waals surface area contributed by atoms with Crippen LogP contribution in [0.3, 0.4) is 0 Å². The maximum Gasteiger partial charge on any atom is 0.123 e. The van der Waals surface area contributed by atoms with E-state index in [1.54, 1.807) is 0 Å². The molecule has 2 aromatic rings. The van der Waals surface area contributed by atoms with Gasteiger partial charge in [0.1, 0.15) is 11.4 Å². The Morgan fingerprint density at radius 3 is 2.26 bits per heavy atom. The molecule has 0 aliphatic carbocycles. The maximum atomic E-state index is 5.96. The Bertz CT molecular complexity index is 678. The molecule has 0 unspecified atom stereocenters. The zero-order valence-corrected chi connectivity index (χ0v) is 14.9. The third kappa shape index (κ3) is 5.17. The smallest absolute Gasteiger partial charge is 0.123 e. The van der Waals surface area contributed by atoms with Crippen molar-refractivity contribution >= 4 is 5.70 Å². The molecule has 0 atom stereocenters. The molecule has 2 nitrogen and oxygen atoms in total. The van der Waals surface area contributed by atoms with Gasteiger partial charge >= 0.3 is 0 Å². The summed E-state index contributed by atoms with van der Waals surface area (Å²) < 4.78 is 5.96. The summed E-state index contributed by atoms with van der Waals surface area (Å²) >= 11 is 0. The number of benzene rings is 2. The van der Waals surface area contributed by atoms with Gasteiger partial charge in [0.15, 0.2) is 0 Å². The number of nitrogens with one attached hydrogen (secondary N) is 1. The third-order valence-electron chi connectivity index (χ3n) is 3.56. The van der Waals surface area contributed by atoms with Crippen LogP contribution in [0.25, 0.3) is 5.70 Å². The minimum Gasteiger partial charge on any atom is -0.488 e. The van der Waals surface area contributed by atoms with Gasteiger partial charge in [-0.25, -0.2) is 0 Å². The van der Waals surface area contributed by atoms with Crippen molar-refractivity contribution in [1.82, 2.24) is 5.32 Å². The average molecular weight is 309 g/mol. The van der Waals surface area contributed by atoms with Crippen molar-refractivity contribution in [1.29, 1.82) is 0 Å². The van der Waals surface area contributed by atoms with Crippen LogP contribution >= 0.6 is 0 Å². The summed E-state index contributed by atoms with van der Waals surface area (Å²) in [4.78, 5) is 0. The van der Waals surface area contributed by atoms with Gasteiger partial charge in [0, 0.05) is 12.2 Å². The second-order valence-corrected chi connectivity index (χ2v) is 7.01. The molecule has 1 N–H and O–H groups in total. The molecule has 0 heterocycles. The first kappa shape index (κ1) is 17.1. The van der Waals surface area contributed by atoms with Crippen LogP contribution in [0.4, 0.5) is 0 Å². The lowest BCUT2D eigenvalue weighted by atomic mass is 10.1. The standard InChI is InChI=1S/C21H27NO/c1-15-7-10-19(11-8-15)17(3)22-14-18-9-12-20(16(2)13-18)23-21(4,5)6/h7-13,22H,3,14H2,1-2,4-6H3. The highest BCUT2D eigenvalue weighted by molar-refractivity contribution is 5.61. The van der Waals surface area contributed by atoms with Crippen LogP contribution in [-0.2, 0) is 6.54 Å². The van der Waals surface area contributed by atoms with Crippen molar-refractivity contribution in [3.8, 4) is 5.75 Å². The number of rotatable bonds is 5. The molecule has 0 saturated carbocycles. The molecule has 0 spiro atoms. The van der Waals surface area contributed by atoms with E-state index in [-0.39, 0.29) is 5.60 Å². The topological polar surface area (TPSA) is 21.3 Å². The summed E-state index contributed by atoms with van der Waals surface area (Å²) in [6, 6.07) is 14.7. The predicted octanol–water partition coefficient (Wildman–Crippen LogP) is 5.24. The molecular weight excluding hydrogens is 282 g/mol. The third-order valence-corrected chi connectivity index (χ3v) is 3.56. The van der Waals surface area contributed by atoms with Crippen LogP contribution in [0, 0.1) is 13.8 Å². The van der Waals surface area contributed by atoms with E-state index in [9.17, 15) is 0 Å². The molecule has 23 heavy (non-hydrogen) atoms. The monoisotopic (exact) mass is 309 g/mol. The molecule has 0 bridgehead atoms. The zero-order valence-electron chi connectivity index (χ0n) is 14.9. The lowest BCUT2D eigenvalue weighted by molar-refractivity contribution is 0.130. The van der Waals surface area contributed by atoms with Crippen molar-refractivity contribution in [3.63, 3.8) is 0 Å². The molecule has 2 heteroatoms. The summed E-state index contributed by atoms with van der Waals surface area (Å²) in [6.45, 7) is 15.2. The molecule has 0 radical (unpaired) electrons. The van der Waals surface area contributed by atoms with Crippen LogP contribution in [-0.4, -0.2) is 5.60 Å². The van der Waals surface area contributed by atoms with Gasteiger partial charge in [0.05, 0.1) is 0 Å². The Balaban J connectivity index is 1.99. The molecule has 122 valence electrons. The van der Waals surface area contributed by atoms with Crippen LogP contribution in [0.2, 0.25) is 0 Å². The van der Waals surface area contributed by atoms with E-state index in [1.807, 2.05) is 6.07 Å². The van der Waals surface area contributed by atoms with Crippen molar-refractivity contribution in [3.05, 3.63) is 71.3 Å². The normalized spacial score (nSPS) is 11.2. The van der Waals surface area contributed by atoms with Crippen LogP contribution in [0.1, 0.15) is 43.0 Å². The molecule has 0 aliphatic heterocycles. The molecule has 0 saturated heterocycles. The predicted molar refractivity (Wildman–Crippen MR) is 98.6 cm³/mol. The maximum absolute atomic E-state index is 5.96. The van der Waals surface area contributed by atoms with Crippen LogP contribution in [0.15, 0.2) is 49.0 Å². The molecule has 0 amide bonds. The van der Waals surface area contributed by atoms with Gasteiger partial charge in [-0.15, -0.1) is 0 Å². The van der Waals surface area contributed by atoms with Gasteiger partial charge in [-0.3, -0.25) is 0 Å². The Morgan fingerprint density at radius 2 is 1.70 bits per heavy atom. The minimum absolute atomic E-state index is 0.176. The van der Waals surface area contributed by atoms with Crippen molar-refractivity contribution in [2.75, 3.05) is 0 Å². The van der Waals surface area contributed by atoms with Gasteiger partial charge in [-0.2, -0.15) is 0 Å². The fourth-order valence-electron chi connectivity index (χ4n) is 2.33. The first-order valence-electron chi connectivity index (χ1n) is 8.03. The van der Waals surface area contributed by atoms with Crippen molar-refractivity contribution in [2.24, 2.45) is 0 Å². The second-order valence-electron chi connectivity index (χ2n) is 7.01. The molecule has 0 aliphatic rings. The molecule has 0 aromatic heterocycles. The second kappa shape index (κ2) is 6.91. The minimum atomic E-state index is -0.176. The molecule has 2 rings (SSSR count). The first-order chi connectivity index (χ1) is 10.7. The summed E-state index contributed by atoms with van der Waals surface area (Å²) in [5, 5.41) is 3.39. The Morgan fingerprint density at radius 1 is 1.04 bits per heavy atom. The van der Waals surface area contributed by atoms with Crippen molar-refractivity contribution < 1.29 is 4.74 Å². The van der Waals surface area contributed by atoms with E-state index in [4.69, 9.17) is 4.74 Å². The van der Waals surface area contributed by atoms with E-state index < -0.39 is 0 Å². The zero-order chi connectivity index (χ0) is 17.0. The van der Waals surface area contributed by atoms with Crippen LogP contribution < -0.4 is 10.1 Å². The van der Waals surface area contributed by atoms with Gasteiger partial charge < -0.3 is 10.1 Å². The number of hydrogen-bond acceptors (Lipinski definition) is 2. The number of aryl methyl sites for hydroxylation is 2. The number of ether oxygens (including phenoxy) is 1. The Kier molecular flexibility index (Phi) is 5.15. The highest BCUT2D eigenvalue weighted by Gasteiger charge is 2.13. The Labute approximate surface area is 140 Å². The highest BCUT2D eigenvalue weighted by atomic mass is 16.5. The van der Waals surface area contributed by atoms with Gasteiger partial charge in [0.25, 0.3) is 0 Å². The lowest BCUT2D eigenvalue weighted by Gasteiger charge is -2.23. The van der Waals surface area contributed by atoms with Crippen LogP contribution in [0.5, 0.6) is 5.75 Å². The summed E-state index contributed by atoms with van der Waals surface area (Å²) in [6.07, 6.45) is 0. The van der Waals surface area contributed by atoms with E-state index in [0.717, 1.165) is 29.1 Å². The van der Waals surface area contributed by atoms with Gasteiger partial charge in [-0.05, 0) is 57.4 Å². The van der Waals surface area contributed by atoms with Crippen molar-refractivity contribution in [2.45, 2.75) is 46.8 Å². The summed E-state index contributed by atoms with van der Waals surface area (Å²) in [7, 11) is 0. The fourth-order valence-corrected chi connectivity index (χ4v) is 2.33. The van der Waals surface area contributed by atoms with E-state index in [2.05, 4.69) is 82.9 Å². The summed E-state index contributed by atoms with van der Waals surface area (Å²) in [5.74, 6) is 0.943. The first-order valence-corrected chi connectivity index (χ1v) is 8.03. The van der Waals surface area contributed by atoms with E-state index in [0.29, 0.717) is 0 Å². The highest BCUT2D eigenvalue weighted by Crippen LogP contribution is 2.24. The molecule has 0 fully saturated rings. The number of hydrogen-bond donors (Lipinski definition) is 1. The lowest BCUT2D eigenvalue weighted by Crippen LogP contribution is -2.23. The molecule has 2 aromatic carbocycles. The largest absolute Gasteiger partial charge is 0.488 e. The van der Waals surface area contributed by atoms with E-state index in [1.165, 1.54) is 11.1 Å². The fraction of sp³-hybridized carbons (Fsp3) is 0.333. The van der Waals surface area contributed by atoms with E-state index >= 15 is 0 Å². The molecular formula is C21H27NO. The Hall–Kier alpha value is -2.22. The average Bonchev–Trinajstić information content (AvgIpc) is 2.47. The van der Waals surface area contributed by atoms with Gasteiger partial charge in [-0.1, -0.05) is 48.5 Å². The quantitative estimate of drug-likeness (QED) is 0.815. The van der Waals surface area contributed by atoms with Gasteiger partial charge in [0.2, 0.25) is 0 Å². The SMILES string of the molecule is C=C(NCc1ccc(OC(C)(C)C)c(C)c1)c1ccc(C)cc1.